The van der Waals surface area contributed by atoms with Crippen LogP contribution in [0.1, 0.15) is 34.6 Å². The van der Waals surface area contributed by atoms with Gasteiger partial charge < -0.3 is 4.90 Å². The number of nitrogens with one attached hydrogen (secondary N) is 1. The average Bonchev–Trinajstić information content (AvgIpc) is 3.07. The van der Waals surface area contributed by atoms with Crippen molar-refractivity contribution >= 4 is 15.9 Å². The van der Waals surface area contributed by atoms with Gasteiger partial charge in [-0.3, -0.25) is 9.59 Å². The molecule has 0 saturated carbocycles. The third kappa shape index (κ3) is 4.10. The van der Waals surface area contributed by atoms with Gasteiger partial charge in [0.15, 0.2) is 5.82 Å². The minimum Gasteiger partial charge on any atom is -0.335 e. The van der Waals surface area contributed by atoms with Crippen molar-refractivity contribution in [3.05, 3.63) is 69.8 Å². The third-order valence-electron chi connectivity index (χ3n) is 4.71. The van der Waals surface area contributed by atoms with Crippen LogP contribution >= 0.6 is 0 Å². The quantitative estimate of drug-likeness (QED) is 0.628. The lowest BCUT2D eigenvalue weighted by atomic mass is 10.1. The van der Waals surface area contributed by atoms with E-state index in [1.807, 2.05) is 6.92 Å². The number of carbonyl (C=O) groups excluding carboxylic acids is 1. The fourth-order valence-corrected chi connectivity index (χ4v) is 3.35. The maximum atomic E-state index is 13.0. The van der Waals surface area contributed by atoms with Crippen LogP contribution in [0.15, 0.2) is 52.3 Å². The van der Waals surface area contributed by atoms with Crippen LogP contribution in [0.25, 0.3) is 5.82 Å². The number of benzene rings is 1. The Kier molecular flexibility index (Phi) is 5.36. The van der Waals surface area contributed by atoms with E-state index < -0.39 is 10.0 Å². The van der Waals surface area contributed by atoms with Crippen LogP contribution in [0.3, 0.4) is 0 Å². The van der Waals surface area contributed by atoms with Crippen LogP contribution in [0.2, 0.25) is 0 Å². The van der Waals surface area contributed by atoms with E-state index in [2.05, 4.69) is 15.3 Å². The van der Waals surface area contributed by atoms with Crippen molar-refractivity contribution in [2.75, 3.05) is 7.05 Å². The molecule has 0 spiro atoms. The molecule has 3 aromatic rings. The molecule has 2 aromatic heterocycles. The molecular weight excluding hydrogens is 396 g/mol. The average molecular weight is 416 g/mol. The lowest BCUT2D eigenvalue weighted by Gasteiger charge is -2.25. The van der Waals surface area contributed by atoms with Gasteiger partial charge >= 0.3 is 0 Å². The molecule has 1 unspecified atom stereocenters. The molecule has 3 rings (SSSR count). The number of aromatic amines is 1. The van der Waals surface area contributed by atoms with Gasteiger partial charge in [-0.25, -0.2) is 23.3 Å². The van der Waals surface area contributed by atoms with Gasteiger partial charge in [0.2, 0.25) is 10.0 Å². The SMILES string of the molecule is Cc1c(C(=O)N(C)C(C)c2ccc(S(N)(=O)=O)cc2)cnn1-c1ccc(=O)[nH]n1. The van der Waals surface area contributed by atoms with Crippen LogP contribution in [0.5, 0.6) is 0 Å². The van der Waals surface area contributed by atoms with E-state index >= 15 is 0 Å². The van der Waals surface area contributed by atoms with Crippen molar-refractivity contribution in [1.29, 1.82) is 0 Å². The smallest absolute Gasteiger partial charge is 0.264 e. The summed E-state index contributed by atoms with van der Waals surface area (Å²) in [6, 6.07) is 8.56. The van der Waals surface area contributed by atoms with Crippen molar-refractivity contribution in [2.45, 2.75) is 24.8 Å². The van der Waals surface area contributed by atoms with Crippen LogP contribution in [-0.4, -0.2) is 46.3 Å². The zero-order valence-electron chi connectivity index (χ0n) is 16.0. The van der Waals surface area contributed by atoms with Crippen LogP contribution in [0.4, 0.5) is 0 Å². The first-order valence-corrected chi connectivity index (χ1v) is 10.1. The summed E-state index contributed by atoms with van der Waals surface area (Å²) in [4.78, 5) is 25.7. The zero-order chi connectivity index (χ0) is 21.3. The molecule has 0 aliphatic carbocycles. The van der Waals surface area contributed by atoms with Gasteiger partial charge in [-0.2, -0.15) is 10.2 Å². The molecule has 2 heterocycles. The second-order valence-corrected chi connectivity index (χ2v) is 8.10. The molecule has 0 fully saturated rings. The number of hydrogen-bond acceptors (Lipinski definition) is 6. The van der Waals surface area contributed by atoms with Crippen molar-refractivity contribution in [3.63, 3.8) is 0 Å². The van der Waals surface area contributed by atoms with Crippen molar-refractivity contribution in [1.82, 2.24) is 24.9 Å². The largest absolute Gasteiger partial charge is 0.335 e. The Labute approximate surface area is 167 Å². The molecule has 1 aromatic carbocycles. The predicted octanol–water partition coefficient (Wildman–Crippen LogP) is 0.745. The number of primary sulfonamides is 1. The summed E-state index contributed by atoms with van der Waals surface area (Å²) < 4.78 is 24.3. The monoisotopic (exact) mass is 416 g/mol. The summed E-state index contributed by atoms with van der Waals surface area (Å²) in [6.07, 6.45) is 1.44. The van der Waals surface area contributed by atoms with E-state index in [0.29, 0.717) is 17.1 Å². The normalized spacial score (nSPS) is 12.6. The molecule has 10 nitrogen and oxygen atoms in total. The molecule has 1 atom stereocenters. The first kappa shape index (κ1) is 20.4. The van der Waals surface area contributed by atoms with Crippen LogP contribution in [0, 0.1) is 6.92 Å². The van der Waals surface area contributed by atoms with E-state index in [1.165, 1.54) is 40.0 Å². The standard InChI is InChI=1S/C18H20N6O4S/c1-11(13-4-6-14(7-5-13)29(19,27)28)23(3)18(26)15-10-20-24(12(15)2)16-8-9-17(25)22-21-16/h4-11H,1-3H3,(H,22,25)(H2,19,27,28). The van der Waals surface area contributed by atoms with E-state index in [1.54, 1.807) is 26.1 Å². The van der Waals surface area contributed by atoms with E-state index in [-0.39, 0.29) is 22.4 Å². The first-order chi connectivity index (χ1) is 13.6. The molecular formula is C18H20N6O4S. The fourth-order valence-electron chi connectivity index (χ4n) is 2.83. The molecule has 0 saturated heterocycles. The Bertz CT molecular complexity index is 1190. The van der Waals surface area contributed by atoms with Gasteiger partial charge in [0.25, 0.3) is 11.5 Å². The number of rotatable bonds is 5. The minimum atomic E-state index is -3.78. The number of sulfonamides is 1. The summed E-state index contributed by atoms with van der Waals surface area (Å²) in [7, 11) is -2.13. The molecule has 0 aliphatic heterocycles. The fraction of sp³-hybridized carbons (Fsp3) is 0.222. The van der Waals surface area contributed by atoms with Crippen molar-refractivity contribution in [2.24, 2.45) is 5.14 Å². The van der Waals surface area contributed by atoms with Crippen molar-refractivity contribution in [3.8, 4) is 5.82 Å². The maximum Gasteiger partial charge on any atom is 0.264 e. The number of nitrogens with two attached hydrogens (primary N) is 1. The minimum absolute atomic E-state index is 0.00736. The van der Waals surface area contributed by atoms with E-state index in [4.69, 9.17) is 5.14 Å². The second kappa shape index (κ2) is 7.60. The van der Waals surface area contributed by atoms with Gasteiger partial charge in [-0.05, 0) is 37.6 Å². The number of H-pyrrole nitrogens is 1. The summed E-state index contributed by atoms with van der Waals surface area (Å²) in [5.41, 5.74) is 1.36. The molecule has 152 valence electrons. The molecule has 3 N–H and O–H groups in total. The summed E-state index contributed by atoms with van der Waals surface area (Å²) in [6.45, 7) is 3.56. The van der Waals surface area contributed by atoms with Gasteiger partial charge in [-0.15, -0.1) is 0 Å². The summed E-state index contributed by atoms with van der Waals surface area (Å²) in [5, 5.41) is 15.6. The Hall–Kier alpha value is -3.31. The van der Waals surface area contributed by atoms with Gasteiger partial charge in [0.1, 0.15) is 0 Å². The second-order valence-electron chi connectivity index (χ2n) is 6.54. The van der Waals surface area contributed by atoms with E-state index in [0.717, 1.165) is 5.56 Å². The highest BCUT2D eigenvalue weighted by molar-refractivity contribution is 7.89. The number of nitrogens with zero attached hydrogens (tertiary/aromatic N) is 4. The Balaban J connectivity index is 1.84. The number of carbonyl (C=O) groups is 1. The molecule has 0 bridgehead atoms. The highest BCUT2D eigenvalue weighted by Gasteiger charge is 2.23. The summed E-state index contributed by atoms with van der Waals surface area (Å²) in [5.74, 6) is 0.122. The Morgan fingerprint density at radius 2 is 1.86 bits per heavy atom. The molecule has 0 radical (unpaired) electrons. The topological polar surface area (TPSA) is 144 Å². The number of aromatic nitrogens is 4. The third-order valence-corrected chi connectivity index (χ3v) is 5.64. The number of amides is 1. The summed E-state index contributed by atoms with van der Waals surface area (Å²) >= 11 is 0. The van der Waals surface area contributed by atoms with Crippen molar-refractivity contribution < 1.29 is 13.2 Å². The molecule has 11 heteroatoms. The van der Waals surface area contributed by atoms with Crippen LogP contribution in [-0.2, 0) is 10.0 Å². The van der Waals surface area contributed by atoms with Crippen LogP contribution < -0.4 is 10.7 Å². The van der Waals surface area contributed by atoms with Gasteiger partial charge in [-0.1, -0.05) is 12.1 Å². The highest BCUT2D eigenvalue weighted by Crippen LogP contribution is 2.23. The number of hydrogen-bond donors (Lipinski definition) is 2. The predicted molar refractivity (Wildman–Crippen MR) is 105 cm³/mol. The Morgan fingerprint density at radius 1 is 1.21 bits per heavy atom. The Morgan fingerprint density at radius 3 is 2.41 bits per heavy atom. The lowest BCUT2D eigenvalue weighted by Crippen LogP contribution is -2.30. The molecule has 0 aliphatic rings. The highest BCUT2D eigenvalue weighted by atomic mass is 32.2. The molecule has 1 amide bonds. The van der Waals surface area contributed by atoms with E-state index in [9.17, 15) is 18.0 Å². The molecule has 29 heavy (non-hydrogen) atoms. The lowest BCUT2D eigenvalue weighted by molar-refractivity contribution is 0.0742. The van der Waals surface area contributed by atoms with Gasteiger partial charge in [0, 0.05) is 13.1 Å². The zero-order valence-corrected chi connectivity index (χ0v) is 16.8. The maximum absolute atomic E-state index is 13.0. The van der Waals surface area contributed by atoms with Gasteiger partial charge in [0.05, 0.1) is 28.4 Å². The first-order valence-electron chi connectivity index (χ1n) is 8.60.